The predicted molar refractivity (Wildman–Crippen MR) is 120 cm³/mol. The van der Waals surface area contributed by atoms with E-state index in [1.165, 1.54) is 17.2 Å². The quantitative estimate of drug-likeness (QED) is 0.487. The Morgan fingerprint density at radius 3 is 2.26 bits per heavy atom. The highest BCUT2D eigenvalue weighted by Crippen LogP contribution is 2.48. The second-order valence-corrected chi connectivity index (χ2v) is 8.58. The first-order valence-corrected chi connectivity index (χ1v) is 10.8. The van der Waals surface area contributed by atoms with Crippen LogP contribution in [0.4, 0.5) is 24.5 Å². The molecule has 2 fully saturated rings. The van der Waals surface area contributed by atoms with Crippen LogP contribution in [0.2, 0.25) is 0 Å². The molecule has 5 rings (SSSR count). The molecule has 0 unspecified atom stereocenters. The smallest absolute Gasteiger partial charge is 0.273 e. The summed E-state index contributed by atoms with van der Waals surface area (Å²) in [7, 11) is 0. The van der Waals surface area contributed by atoms with E-state index < -0.39 is 41.6 Å². The van der Waals surface area contributed by atoms with Gasteiger partial charge in [-0.1, -0.05) is 48.0 Å². The Morgan fingerprint density at radius 2 is 1.59 bits per heavy atom. The van der Waals surface area contributed by atoms with Crippen molar-refractivity contribution < 1.29 is 27.6 Å². The molecule has 8 heteroatoms. The second-order valence-electron chi connectivity index (χ2n) is 8.58. The number of hydroxylamine groups is 1. The lowest BCUT2D eigenvalue weighted by molar-refractivity contribution is -0.137. The van der Waals surface area contributed by atoms with Crippen molar-refractivity contribution in [1.82, 2.24) is 0 Å². The number of hydrogen-bond acceptors (Lipinski definition) is 4. The number of benzene rings is 3. The molecule has 3 aromatic rings. The summed E-state index contributed by atoms with van der Waals surface area (Å²) in [6.07, 6.45) is -5.69. The minimum Gasteiger partial charge on any atom is -0.273 e. The molecule has 0 radical (unpaired) electrons. The number of fused-ring (bicyclic) bond motifs is 1. The van der Waals surface area contributed by atoms with Crippen LogP contribution in [-0.4, -0.2) is 17.9 Å². The molecule has 2 saturated heterocycles. The number of nitrogens with zero attached hydrogens (tertiary/aromatic N) is 2. The Bertz CT molecular complexity index is 1280. The molecule has 2 aliphatic rings. The summed E-state index contributed by atoms with van der Waals surface area (Å²) in [5.74, 6) is -2.03. The lowest BCUT2D eigenvalue weighted by Crippen LogP contribution is -2.37. The third kappa shape index (κ3) is 3.54. The maximum atomic E-state index is 13.7. The molecule has 0 aliphatic carbocycles. The number of anilines is 2. The Balaban J connectivity index is 1.61. The van der Waals surface area contributed by atoms with Gasteiger partial charge in [0.05, 0.1) is 23.0 Å². The maximum absolute atomic E-state index is 13.7. The van der Waals surface area contributed by atoms with Crippen LogP contribution in [0.15, 0.2) is 72.8 Å². The molecular formula is C26H21F3N2O3. The molecule has 0 aromatic heterocycles. The number of aryl methyl sites for hydroxylation is 2. The largest absolute Gasteiger partial charge is 0.416 e. The fourth-order valence-electron chi connectivity index (χ4n) is 4.74. The molecule has 34 heavy (non-hydrogen) atoms. The van der Waals surface area contributed by atoms with Crippen LogP contribution in [0.5, 0.6) is 0 Å². The number of carbonyl (C=O) groups excluding carboxylic acids is 2. The van der Waals surface area contributed by atoms with Crippen molar-refractivity contribution in [1.29, 1.82) is 0 Å². The number of amides is 2. The van der Waals surface area contributed by atoms with Crippen LogP contribution in [0.1, 0.15) is 28.3 Å². The first-order valence-electron chi connectivity index (χ1n) is 10.8. The number of rotatable bonds is 3. The fourth-order valence-corrected chi connectivity index (χ4v) is 4.74. The van der Waals surface area contributed by atoms with Crippen LogP contribution in [-0.2, 0) is 20.6 Å². The van der Waals surface area contributed by atoms with Crippen molar-refractivity contribution >= 4 is 23.2 Å². The van der Waals surface area contributed by atoms with E-state index in [2.05, 4.69) is 0 Å². The highest BCUT2D eigenvalue weighted by Gasteiger charge is 2.60. The standard InChI is InChI=1S/C26H21F3N2O3/c1-15-11-12-20(16(2)13-15)30-24(32)21-22(17-7-6-8-18(14-17)26(27,28)29)31(34-23(21)25(30)33)19-9-4-3-5-10-19/h3-14,21-23H,1-2H3/t21-,22-,23+/m0/s1. The zero-order valence-electron chi connectivity index (χ0n) is 18.4. The Kier molecular flexibility index (Phi) is 5.20. The van der Waals surface area contributed by atoms with E-state index in [0.29, 0.717) is 11.4 Å². The monoisotopic (exact) mass is 466 g/mol. The molecule has 3 atom stereocenters. The number of para-hydroxylation sites is 1. The van der Waals surface area contributed by atoms with Gasteiger partial charge >= 0.3 is 6.18 Å². The molecule has 0 saturated carbocycles. The lowest BCUT2D eigenvalue weighted by atomic mass is 9.89. The Morgan fingerprint density at radius 1 is 0.853 bits per heavy atom. The number of hydrogen-bond donors (Lipinski definition) is 0. The normalized spacial score (nSPS) is 22.4. The van der Waals surface area contributed by atoms with Crippen LogP contribution in [0, 0.1) is 19.8 Å². The molecule has 5 nitrogen and oxygen atoms in total. The topological polar surface area (TPSA) is 49.9 Å². The van der Waals surface area contributed by atoms with E-state index in [1.54, 1.807) is 49.4 Å². The Labute approximate surface area is 194 Å². The number of imide groups is 1. The first kappa shape index (κ1) is 22.2. The van der Waals surface area contributed by atoms with Crippen molar-refractivity contribution in [2.75, 3.05) is 9.96 Å². The van der Waals surface area contributed by atoms with Crippen LogP contribution >= 0.6 is 0 Å². The molecule has 174 valence electrons. The zero-order chi connectivity index (χ0) is 24.2. The van der Waals surface area contributed by atoms with Gasteiger partial charge in [-0.2, -0.15) is 13.2 Å². The van der Waals surface area contributed by atoms with E-state index in [0.717, 1.165) is 28.2 Å². The van der Waals surface area contributed by atoms with Crippen LogP contribution in [0.25, 0.3) is 0 Å². The van der Waals surface area contributed by atoms with Gasteiger partial charge in [-0.3, -0.25) is 14.4 Å². The number of halogens is 3. The molecule has 0 bridgehead atoms. The Hall–Kier alpha value is -3.65. The molecule has 0 N–H and O–H groups in total. The SMILES string of the molecule is Cc1ccc(N2C(=O)[C@@H]3[C@@H](ON(c4ccccc4)[C@H]3c3cccc(C(F)(F)F)c3)C2=O)c(C)c1. The molecule has 3 aromatic carbocycles. The fraction of sp³-hybridized carbons (Fsp3) is 0.231. The molecule has 2 heterocycles. The highest BCUT2D eigenvalue weighted by molar-refractivity contribution is 6.24. The number of carbonyl (C=O) groups is 2. The highest BCUT2D eigenvalue weighted by atomic mass is 19.4. The van der Waals surface area contributed by atoms with E-state index in [1.807, 2.05) is 13.0 Å². The minimum absolute atomic E-state index is 0.245. The van der Waals surface area contributed by atoms with Gasteiger partial charge in [0.25, 0.3) is 5.91 Å². The van der Waals surface area contributed by atoms with Gasteiger partial charge in [-0.05, 0) is 55.3 Å². The lowest BCUT2D eigenvalue weighted by Gasteiger charge is -2.29. The van der Waals surface area contributed by atoms with Gasteiger partial charge in [0.15, 0.2) is 6.10 Å². The third-order valence-corrected chi connectivity index (χ3v) is 6.27. The van der Waals surface area contributed by atoms with Crippen molar-refractivity contribution in [3.05, 3.63) is 95.1 Å². The van der Waals surface area contributed by atoms with E-state index in [-0.39, 0.29) is 5.56 Å². The van der Waals surface area contributed by atoms with Gasteiger partial charge in [0.1, 0.15) is 5.92 Å². The van der Waals surface area contributed by atoms with Crippen molar-refractivity contribution in [2.24, 2.45) is 5.92 Å². The van der Waals surface area contributed by atoms with E-state index >= 15 is 0 Å². The summed E-state index contributed by atoms with van der Waals surface area (Å²) < 4.78 is 40.4. The summed E-state index contributed by atoms with van der Waals surface area (Å²) in [6, 6.07) is 18.0. The maximum Gasteiger partial charge on any atom is 0.416 e. The van der Waals surface area contributed by atoms with Crippen molar-refractivity contribution in [3.8, 4) is 0 Å². The average Bonchev–Trinajstić information content (AvgIpc) is 3.31. The molecule has 0 spiro atoms. The van der Waals surface area contributed by atoms with Gasteiger partial charge < -0.3 is 0 Å². The van der Waals surface area contributed by atoms with E-state index in [9.17, 15) is 22.8 Å². The van der Waals surface area contributed by atoms with Gasteiger partial charge in [0.2, 0.25) is 5.91 Å². The number of alkyl halides is 3. The predicted octanol–water partition coefficient (Wildman–Crippen LogP) is 5.37. The van der Waals surface area contributed by atoms with Gasteiger partial charge in [-0.15, -0.1) is 0 Å². The second kappa shape index (κ2) is 7.99. The molecule has 2 aliphatic heterocycles. The summed E-state index contributed by atoms with van der Waals surface area (Å²) >= 11 is 0. The van der Waals surface area contributed by atoms with Crippen LogP contribution in [0.3, 0.4) is 0 Å². The van der Waals surface area contributed by atoms with Gasteiger partial charge in [0, 0.05) is 0 Å². The minimum atomic E-state index is -4.55. The third-order valence-electron chi connectivity index (χ3n) is 6.27. The van der Waals surface area contributed by atoms with Gasteiger partial charge in [-0.25, -0.2) is 9.96 Å². The summed E-state index contributed by atoms with van der Waals surface area (Å²) in [5.41, 5.74) is 2.14. The summed E-state index contributed by atoms with van der Waals surface area (Å²) in [6.45, 7) is 3.71. The zero-order valence-corrected chi connectivity index (χ0v) is 18.4. The first-order chi connectivity index (χ1) is 16.2. The van der Waals surface area contributed by atoms with Crippen molar-refractivity contribution in [2.45, 2.75) is 32.2 Å². The van der Waals surface area contributed by atoms with E-state index in [4.69, 9.17) is 4.84 Å². The van der Waals surface area contributed by atoms with Crippen molar-refractivity contribution in [3.63, 3.8) is 0 Å². The van der Waals surface area contributed by atoms with Crippen LogP contribution < -0.4 is 9.96 Å². The molecule has 2 amide bonds. The average molecular weight is 466 g/mol. The molecular weight excluding hydrogens is 445 g/mol. The summed E-state index contributed by atoms with van der Waals surface area (Å²) in [4.78, 5) is 34.1. The summed E-state index contributed by atoms with van der Waals surface area (Å²) in [5, 5.41) is 1.39.